The second-order valence-electron chi connectivity index (χ2n) is 6.44. The Morgan fingerprint density at radius 3 is 2.77 bits per heavy atom. The molecule has 0 unspecified atom stereocenters. The van der Waals surface area contributed by atoms with E-state index in [1.807, 2.05) is 0 Å². The van der Waals surface area contributed by atoms with E-state index in [1.165, 1.54) is 25.0 Å². The number of ether oxygens (including phenoxy) is 1. The number of hydrogen-bond donors (Lipinski definition) is 1. The van der Waals surface area contributed by atoms with Crippen LogP contribution in [0.2, 0.25) is 0 Å². The van der Waals surface area contributed by atoms with Crippen molar-refractivity contribution in [2.24, 2.45) is 0 Å². The number of carbonyl (C=O) groups is 1. The second kappa shape index (κ2) is 5.09. The fraction of sp³-hybridized carbons (Fsp3) is 0.471. The molecule has 3 heterocycles. The molecule has 22 heavy (non-hydrogen) atoms. The maximum Gasteiger partial charge on any atom is 0.340 e. The third-order valence-corrected chi connectivity index (χ3v) is 5.19. The number of aromatic nitrogens is 1. The van der Waals surface area contributed by atoms with Gasteiger partial charge in [-0.1, -0.05) is 0 Å². The van der Waals surface area contributed by atoms with Gasteiger partial charge in [0.2, 0.25) is 0 Å². The summed E-state index contributed by atoms with van der Waals surface area (Å²) in [6.07, 6.45) is 5.75. The standard InChI is InChI=1S/C17H19FN2O2/c1-20-11-3-4-12(20)8-13(7-11)22-17(21)15-9-19-16-5-2-10(18)6-14(15)16/h2,5-6,9,11-13,19H,3-4,7-8H2,1H3/t11-,12-/m0/s1/i18-1. The Morgan fingerprint density at radius 1 is 1.32 bits per heavy atom. The molecule has 5 heteroatoms. The van der Waals surface area contributed by atoms with Crippen molar-refractivity contribution in [1.29, 1.82) is 0 Å². The molecule has 4 nitrogen and oxygen atoms in total. The Labute approximate surface area is 128 Å². The molecule has 1 aromatic carbocycles. The van der Waals surface area contributed by atoms with Crippen molar-refractivity contribution < 1.29 is 13.9 Å². The smallest absolute Gasteiger partial charge is 0.340 e. The summed E-state index contributed by atoms with van der Waals surface area (Å²) in [5.41, 5.74) is 1.16. The highest BCUT2D eigenvalue weighted by atomic mass is 18.2. The molecule has 0 spiro atoms. The molecule has 2 bridgehead atoms. The van der Waals surface area contributed by atoms with Crippen molar-refractivity contribution in [2.75, 3.05) is 7.05 Å². The molecule has 116 valence electrons. The SMILES string of the molecule is CN1[C@H]2CC[C@H]1CC(OC(=O)c1c[nH]c3ccc([18F])cc13)C2. The molecule has 4 rings (SSSR count). The Balaban J connectivity index is 1.53. The van der Waals surface area contributed by atoms with Crippen molar-refractivity contribution >= 4 is 16.9 Å². The van der Waals surface area contributed by atoms with Crippen molar-refractivity contribution in [1.82, 2.24) is 9.88 Å². The summed E-state index contributed by atoms with van der Waals surface area (Å²) in [6, 6.07) is 5.44. The van der Waals surface area contributed by atoms with E-state index in [0.717, 1.165) is 18.4 Å². The number of halogens is 1. The molecule has 0 aliphatic carbocycles. The predicted octanol–water partition coefficient (Wildman–Crippen LogP) is 3.09. The molecule has 2 aliphatic rings. The first-order chi connectivity index (χ1) is 10.6. The Bertz CT molecular complexity index is 713. The molecule has 1 aromatic heterocycles. The highest BCUT2D eigenvalue weighted by Gasteiger charge is 2.40. The van der Waals surface area contributed by atoms with Crippen LogP contribution in [0.4, 0.5) is 4.39 Å². The van der Waals surface area contributed by atoms with Crippen LogP contribution >= 0.6 is 0 Å². The van der Waals surface area contributed by atoms with Crippen LogP contribution in [0.15, 0.2) is 24.4 Å². The number of rotatable bonds is 2. The lowest BCUT2D eigenvalue weighted by molar-refractivity contribution is -0.000258. The fourth-order valence-electron chi connectivity index (χ4n) is 3.93. The van der Waals surface area contributed by atoms with E-state index in [1.54, 1.807) is 12.3 Å². The molecular weight excluding hydrogens is 282 g/mol. The van der Waals surface area contributed by atoms with E-state index in [-0.39, 0.29) is 17.9 Å². The van der Waals surface area contributed by atoms with E-state index >= 15 is 0 Å². The molecular formula is C17H19FN2O2. The van der Waals surface area contributed by atoms with Crippen molar-refractivity contribution in [3.63, 3.8) is 0 Å². The monoisotopic (exact) mass is 301 g/mol. The number of hydrogen-bond acceptors (Lipinski definition) is 3. The summed E-state index contributed by atoms with van der Waals surface area (Å²) in [4.78, 5) is 17.8. The third-order valence-electron chi connectivity index (χ3n) is 5.19. The molecule has 1 N–H and O–H groups in total. The lowest BCUT2D eigenvalue weighted by atomic mass is 10.0. The van der Waals surface area contributed by atoms with Gasteiger partial charge >= 0.3 is 5.97 Å². The fourth-order valence-corrected chi connectivity index (χ4v) is 3.93. The van der Waals surface area contributed by atoms with Crippen molar-refractivity contribution in [3.05, 3.63) is 35.8 Å². The summed E-state index contributed by atoms with van der Waals surface area (Å²) >= 11 is 0. The van der Waals surface area contributed by atoms with Crippen LogP contribution in [0, 0.1) is 5.82 Å². The van der Waals surface area contributed by atoms with E-state index in [4.69, 9.17) is 4.74 Å². The van der Waals surface area contributed by atoms with E-state index in [9.17, 15) is 9.18 Å². The van der Waals surface area contributed by atoms with Gasteiger partial charge in [-0.3, -0.25) is 0 Å². The average molecular weight is 301 g/mol. The van der Waals surface area contributed by atoms with Crippen LogP contribution in [0.25, 0.3) is 10.9 Å². The number of nitrogens with zero attached hydrogens (tertiary/aromatic N) is 1. The maximum atomic E-state index is 13.4. The first kappa shape index (κ1) is 13.8. The Kier molecular flexibility index (Phi) is 3.18. The first-order valence-corrected chi connectivity index (χ1v) is 7.81. The minimum Gasteiger partial charge on any atom is -0.459 e. The molecule has 2 aromatic rings. The topological polar surface area (TPSA) is 45.3 Å². The zero-order chi connectivity index (χ0) is 15.3. The van der Waals surface area contributed by atoms with Gasteiger partial charge in [-0.25, -0.2) is 9.18 Å². The first-order valence-electron chi connectivity index (χ1n) is 7.81. The zero-order valence-corrected chi connectivity index (χ0v) is 12.5. The van der Waals surface area contributed by atoms with E-state index < -0.39 is 0 Å². The van der Waals surface area contributed by atoms with Gasteiger partial charge in [-0.15, -0.1) is 0 Å². The van der Waals surface area contributed by atoms with Crippen LogP contribution < -0.4 is 0 Å². The van der Waals surface area contributed by atoms with Crippen molar-refractivity contribution in [3.8, 4) is 0 Å². The Morgan fingerprint density at radius 2 is 2.05 bits per heavy atom. The largest absolute Gasteiger partial charge is 0.459 e. The molecule has 2 aliphatic heterocycles. The summed E-state index contributed by atoms with van der Waals surface area (Å²) in [6.45, 7) is 0. The normalized spacial score (nSPS) is 28.2. The molecule has 2 fully saturated rings. The van der Waals surface area contributed by atoms with Crippen LogP contribution in [0.5, 0.6) is 0 Å². The summed E-state index contributed by atoms with van der Waals surface area (Å²) in [5.74, 6) is -0.704. The average Bonchev–Trinajstić information content (AvgIpc) is 2.97. The van der Waals surface area contributed by atoms with Gasteiger partial charge in [0.1, 0.15) is 11.9 Å². The zero-order valence-electron chi connectivity index (χ0n) is 12.5. The van der Waals surface area contributed by atoms with Crippen LogP contribution in [-0.2, 0) is 4.74 Å². The van der Waals surface area contributed by atoms with Crippen molar-refractivity contribution in [2.45, 2.75) is 43.9 Å². The van der Waals surface area contributed by atoms with Gasteiger partial charge in [0.15, 0.2) is 0 Å². The number of esters is 1. The van der Waals surface area contributed by atoms with Crippen LogP contribution in [0.1, 0.15) is 36.0 Å². The summed E-state index contributed by atoms with van der Waals surface area (Å²) in [5, 5.41) is 0.584. The van der Waals surface area contributed by atoms with Gasteiger partial charge in [0.25, 0.3) is 0 Å². The highest BCUT2D eigenvalue weighted by molar-refractivity contribution is 6.04. The number of fused-ring (bicyclic) bond motifs is 3. The molecule has 0 amide bonds. The second-order valence-corrected chi connectivity index (χ2v) is 6.44. The van der Waals surface area contributed by atoms with E-state index in [0.29, 0.717) is 23.0 Å². The minimum atomic E-state index is -0.356. The van der Waals surface area contributed by atoms with Gasteiger partial charge in [0, 0.05) is 42.0 Å². The quantitative estimate of drug-likeness (QED) is 0.867. The Hall–Kier alpha value is -1.88. The number of H-pyrrole nitrogens is 1. The number of carbonyl (C=O) groups excluding carboxylic acids is 1. The molecule has 0 radical (unpaired) electrons. The maximum absolute atomic E-state index is 13.4. The van der Waals surface area contributed by atoms with Gasteiger partial charge in [-0.05, 0) is 38.1 Å². The van der Waals surface area contributed by atoms with Gasteiger partial charge < -0.3 is 14.6 Å². The summed E-state index contributed by atoms with van der Waals surface area (Å²) in [7, 11) is 2.16. The number of aromatic amines is 1. The minimum absolute atomic E-state index is 0.0280. The molecule has 2 atom stereocenters. The number of nitrogens with one attached hydrogen (secondary N) is 1. The summed E-state index contributed by atoms with van der Waals surface area (Å²) < 4.78 is 19.1. The molecule has 2 saturated heterocycles. The highest BCUT2D eigenvalue weighted by Crippen LogP contribution is 2.36. The molecule has 0 saturated carbocycles. The lowest BCUT2D eigenvalue weighted by Crippen LogP contribution is -2.43. The van der Waals surface area contributed by atoms with Gasteiger partial charge in [0.05, 0.1) is 5.56 Å². The lowest BCUT2D eigenvalue weighted by Gasteiger charge is -2.35. The van der Waals surface area contributed by atoms with Crippen LogP contribution in [0.3, 0.4) is 0 Å². The van der Waals surface area contributed by atoms with E-state index in [2.05, 4.69) is 16.9 Å². The van der Waals surface area contributed by atoms with Gasteiger partial charge in [-0.2, -0.15) is 0 Å². The number of benzene rings is 1. The number of piperidine rings is 1. The third kappa shape index (κ3) is 2.20. The predicted molar refractivity (Wildman–Crippen MR) is 81.3 cm³/mol. The van der Waals surface area contributed by atoms with Crippen LogP contribution in [-0.4, -0.2) is 41.1 Å².